The highest BCUT2D eigenvalue weighted by molar-refractivity contribution is 9.10. The standard InChI is InChI=1S/C21H19BrN2O6S/c1-3-30-14-6-4-13(5-7-14)23-19(26)11-24-20(27)18(31-21(24)28)9-12-8-17(29-2)16(25)10-15(12)22/h4-10,25H,3,11H2,1-2H3,(H,23,26)/b18-9+. The van der Waals surface area contributed by atoms with E-state index in [4.69, 9.17) is 9.47 Å². The molecule has 0 spiro atoms. The molecule has 2 aromatic rings. The molecule has 0 saturated carbocycles. The molecule has 0 atom stereocenters. The number of hydrogen-bond donors (Lipinski definition) is 2. The highest BCUT2D eigenvalue weighted by Crippen LogP contribution is 2.37. The molecule has 0 bridgehead atoms. The van der Waals surface area contributed by atoms with Gasteiger partial charge in [0.2, 0.25) is 5.91 Å². The van der Waals surface area contributed by atoms with E-state index in [-0.39, 0.29) is 16.4 Å². The molecule has 2 N–H and O–H groups in total. The van der Waals surface area contributed by atoms with Crippen molar-refractivity contribution in [1.29, 1.82) is 0 Å². The summed E-state index contributed by atoms with van der Waals surface area (Å²) in [5.41, 5.74) is 1.06. The molecule has 1 aliphatic rings. The van der Waals surface area contributed by atoms with Crippen molar-refractivity contribution in [2.45, 2.75) is 6.92 Å². The number of phenolic OH excluding ortho intramolecular Hbond substituents is 1. The molecule has 0 radical (unpaired) electrons. The zero-order valence-electron chi connectivity index (χ0n) is 16.7. The van der Waals surface area contributed by atoms with Gasteiger partial charge in [-0.2, -0.15) is 0 Å². The topological polar surface area (TPSA) is 105 Å². The van der Waals surface area contributed by atoms with Gasteiger partial charge in [0.15, 0.2) is 11.5 Å². The van der Waals surface area contributed by atoms with Crippen molar-refractivity contribution in [3.63, 3.8) is 0 Å². The van der Waals surface area contributed by atoms with E-state index >= 15 is 0 Å². The van der Waals surface area contributed by atoms with Crippen LogP contribution in [0.3, 0.4) is 0 Å². The number of ether oxygens (including phenoxy) is 2. The van der Waals surface area contributed by atoms with Gasteiger partial charge in [-0.05, 0) is 66.7 Å². The van der Waals surface area contributed by atoms with E-state index in [0.717, 1.165) is 16.7 Å². The van der Waals surface area contributed by atoms with Gasteiger partial charge in [-0.15, -0.1) is 0 Å². The number of aromatic hydroxyl groups is 1. The fraction of sp³-hybridized carbons (Fsp3) is 0.190. The van der Waals surface area contributed by atoms with Crippen LogP contribution >= 0.6 is 27.7 Å². The van der Waals surface area contributed by atoms with Gasteiger partial charge in [0, 0.05) is 10.2 Å². The number of phenols is 1. The molecule has 1 heterocycles. The number of nitrogens with one attached hydrogen (secondary N) is 1. The van der Waals surface area contributed by atoms with Gasteiger partial charge in [-0.3, -0.25) is 19.3 Å². The maximum atomic E-state index is 12.7. The van der Waals surface area contributed by atoms with Crippen LogP contribution in [0.2, 0.25) is 0 Å². The van der Waals surface area contributed by atoms with Crippen LogP contribution in [-0.4, -0.2) is 47.3 Å². The molecule has 10 heteroatoms. The second kappa shape index (κ2) is 9.88. The summed E-state index contributed by atoms with van der Waals surface area (Å²) in [5, 5.41) is 11.9. The second-order valence-electron chi connectivity index (χ2n) is 6.32. The van der Waals surface area contributed by atoms with E-state index in [1.165, 1.54) is 25.3 Å². The summed E-state index contributed by atoms with van der Waals surface area (Å²) in [4.78, 5) is 38.4. The molecule has 31 heavy (non-hydrogen) atoms. The van der Waals surface area contributed by atoms with E-state index in [1.54, 1.807) is 24.3 Å². The lowest BCUT2D eigenvalue weighted by molar-refractivity contribution is -0.127. The Kier molecular flexibility index (Phi) is 7.24. The highest BCUT2D eigenvalue weighted by atomic mass is 79.9. The van der Waals surface area contributed by atoms with Crippen LogP contribution in [0.5, 0.6) is 17.2 Å². The van der Waals surface area contributed by atoms with Gasteiger partial charge in [0.25, 0.3) is 11.1 Å². The number of benzene rings is 2. The molecule has 0 unspecified atom stereocenters. The van der Waals surface area contributed by atoms with Crippen LogP contribution in [0.1, 0.15) is 12.5 Å². The number of imide groups is 1. The van der Waals surface area contributed by atoms with Crippen LogP contribution in [-0.2, 0) is 9.59 Å². The molecule has 8 nitrogen and oxygen atoms in total. The van der Waals surface area contributed by atoms with Crippen LogP contribution in [0.4, 0.5) is 10.5 Å². The molecular weight excluding hydrogens is 488 g/mol. The van der Waals surface area contributed by atoms with E-state index in [2.05, 4.69) is 21.2 Å². The molecule has 2 aromatic carbocycles. The quantitative estimate of drug-likeness (QED) is 0.541. The van der Waals surface area contributed by atoms with Gasteiger partial charge in [0.1, 0.15) is 12.3 Å². The zero-order chi connectivity index (χ0) is 22.5. The third-order valence-corrected chi connectivity index (χ3v) is 5.80. The Bertz CT molecular complexity index is 1050. The number of halogens is 1. The number of methoxy groups -OCH3 is 1. The Morgan fingerprint density at radius 1 is 1.26 bits per heavy atom. The van der Waals surface area contributed by atoms with Crippen LogP contribution in [0.25, 0.3) is 6.08 Å². The first-order valence-corrected chi connectivity index (χ1v) is 10.8. The number of thioether (sulfide) groups is 1. The fourth-order valence-electron chi connectivity index (χ4n) is 2.76. The van der Waals surface area contributed by atoms with Gasteiger partial charge in [-0.1, -0.05) is 15.9 Å². The van der Waals surface area contributed by atoms with Crippen LogP contribution in [0.15, 0.2) is 45.8 Å². The molecule has 3 rings (SSSR count). The third kappa shape index (κ3) is 5.39. The smallest absolute Gasteiger partial charge is 0.294 e. The average molecular weight is 507 g/mol. The summed E-state index contributed by atoms with van der Waals surface area (Å²) >= 11 is 4.04. The first-order valence-electron chi connectivity index (χ1n) is 9.17. The van der Waals surface area contributed by atoms with Crippen molar-refractivity contribution < 1.29 is 29.0 Å². The predicted molar refractivity (Wildman–Crippen MR) is 121 cm³/mol. The third-order valence-electron chi connectivity index (χ3n) is 4.21. The lowest BCUT2D eigenvalue weighted by Gasteiger charge is -2.13. The van der Waals surface area contributed by atoms with E-state index in [9.17, 15) is 19.5 Å². The van der Waals surface area contributed by atoms with Gasteiger partial charge >= 0.3 is 0 Å². The van der Waals surface area contributed by atoms with Gasteiger partial charge in [0.05, 0.1) is 18.6 Å². The maximum Gasteiger partial charge on any atom is 0.294 e. The summed E-state index contributed by atoms with van der Waals surface area (Å²) in [7, 11) is 1.41. The summed E-state index contributed by atoms with van der Waals surface area (Å²) < 4.78 is 10.9. The molecule has 162 valence electrons. The molecule has 0 aliphatic carbocycles. The first-order chi connectivity index (χ1) is 14.8. The number of rotatable bonds is 7. The largest absolute Gasteiger partial charge is 0.504 e. The Morgan fingerprint density at radius 3 is 2.61 bits per heavy atom. The van der Waals surface area contributed by atoms with E-state index < -0.39 is 23.6 Å². The fourth-order valence-corrected chi connectivity index (χ4v) is 4.03. The minimum atomic E-state index is -0.573. The molecule has 1 aliphatic heterocycles. The Hall–Kier alpha value is -2.98. The SMILES string of the molecule is CCOc1ccc(NC(=O)CN2C(=O)S/C(=C/c3cc(OC)c(O)cc3Br)C2=O)cc1. The minimum absolute atomic E-state index is 0.0643. The minimum Gasteiger partial charge on any atom is -0.504 e. The number of carbonyl (C=O) groups is 3. The van der Waals surface area contributed by atoms with E-state index in [1.807, 2.05) is 6.92 Å². The number of anilines is 1. The highest BCUT2D eigenvalue weighted by Gasteiger charge is 2.36. The van der Waals surface area contributed by atoms with Crippen molar-refractivity contribution >= 4 is 56.5 Å². The average Bonchev–Trinajstić information content (AvgIpc) is 2.99. The van der Waals surface area contributed by atoms with Crippen molar-refractivity contribution in [3.8, 4) is 17.2 Å². The van der Waals surface area contributed by atoms with E-state index in [0.29, 0.717) is 28.1 Å². The summed E-state index contributed by atoms with van der Waals surface area (Å²) in [6, 6.07) is 9.74. The predicted octanol–water partition coefficient (Wildman–Crippen LogP) is 4.24. The zero-order valence-corrected chi connectivity index (χ0v) is 19.1. The number of amides is 3. The van der Waals surface area contributed by atoms with Gasteiger partial charge < -0.3 is 19.9 Å². The molecule has 1 saturated heterocycles. The lowest BCUT2D eigenvalue weighted by Crippen LogP contribution is -2.36. The molecule has 0 aromatic heterocycles. The molecule has 3 amide bonds. The monoisotopic (exact) mass is 506 g/mol. The van der Waals surface area contributed by atoms with Crippen molar-refractivity contribution in [1.82, 2.24) is 4.90 Å². The lowest BCUT2D eigenvalue weighted by atomic mass is 10.2. The Balaban J connectivity index is 1.70. The second-order valence-corrected chi connectivity index (χ2v) is 8.17. The molecule has 1 fully saturated rings. The summed E-state index contributed by atoms with van der Waals surface area (Å²) in [6.45, 7) is 2.00. The summed E-state index contributed by atoms with van der Waals surface area (Å²) in [6.07, 6.45) is 1.50. The van der Waals surface area contributed by atoms with Crippen LogP contribution in [0, 0.1) is 0 Å². The first kappa shape index (κ1) is 22.7. The summed E-state index contributed by atoms with van der Waals surface area (Å²) in [5.74, 6) is -0.237. The molecular formula is C21H19BrN2O6S. The number of nitrogens with zero attached hydrogens (tertiary/aromatic N) is 1. The number of hydrogen-bond acceptors (Lipinski definition) is 7. The Labute approximate surface area is 191 Å². The van der Waals surface area contributed by atoms with Crippen LogP contribution < -0.4 is 14.8 Å². The Morgan fingerprint density at radius 2 is 1.97 bits per heavy atom. The van der Waals surface area contributed by atoms with Crippen molar-refractivity contribution in [2.24, 2.45) is 0 Å². The van der Waals surface area contributed by atoms with Crippen molar-refractivity contribution in [2.75, 3.05) is 25.6 Å². The van der Waals surface area contributed by atoms with Crippen molar-refractivity contribution in [3.05, 3.63) is 51.3 Å². The number of carbonyl (C=O) groups excluding carboxylic acids is 3. The van der Waals surface area contributed by atoms with Gasteiger partial charge in [-0.25, -0.2) is 0 Å². The normalized spacial score (nSPS) is 14.8. The maximum absolute atomic E-state index is 12.7.